The largest absolute Gasteiger partial charge is 0.511 e. The molecule has 2 heterocycles. The maximum absolute atomic E-state index is 13.8. The topological polar surface area (TPSA) is 78.9 Å². The fourth-order valence-electron chi connectivity index (χ4n) is 4.66. The van der Waals surface area contributed by atoms with Crippen LogP contribution in [0.1, 0.15) is 45.4 Å². The maximum Gasteiger partial charge on any atom is 0.511 e. The number of nitrogens with zero attached hydrogens (tertiary/aromatic N) is 1. The van der Waals surface area contributed by atoms with Gasteiger partial charge in [0.1, 0.15) is 5.00 Å². The molecular weight excluding hydrogens is 412 g/mol. The van der Waals surface area contributed by atoms with Crippen LogP contribution in [-0.2, 0) is 4.79 Å². The van der Waals surface area contributed by atoms with E-state index in [0.717, 1.165) is 62.1 Å². The highest BCUT2D eigenvalue weighted by molar-refractivity contribution is 7.20. The van der Waals surface area contributed by atoms with Gasteiger partial charge in [0, 0.05) is 22.9 Å². The second kappa shape index (κ2) is 9.83. The number of thiophene rings is 1. The van der Waals surface area contributed by atoms with E-state index in [1.807, 2.05) is 35.2 Å². The van der Waals surface area contributed by atoms with E-state index < -0.39 is 6.16 Å². The van der Waals surface area contributed by atoms with Crippen molar-refractivity contribution < 1.29 is 19.4 Å². The first kappa shape index (κ1) is 21.8. The van der Waals surface area contributed by atoms with Crippen molar-refractivity contribution in [2.24, 2.45) is 11.8 Å². The van der Waals surface area contributed by atoms with Crippen LogP contribution in [0.5, 0.6) is 5.75 Å². The molecule has 1 saturated heterocycles. The van der Waals surface area contributed by atoms with Gasteiger partial charge in [0.25, 0.3) is 0 Å². The Kier molecular flexibility index (Phi) is 6.92. The molecule has 0 radical (unpaired) electrons. The highest BCUT2D eigenvalue weighted by atomic mass is 32.1. The maximum atomic E-state index is 13.8. The van der Waals surface area contributed by atoms with Crippen LogP contribution in [0.15, 0.2) is 36.4 Å². The summed E-state index contributed by atoms with van der Waals surface area (Å²) in [6.07, 6.45) is 4.26. The van der Waals surface area contributed by atoms with Crippen molar-refractivity contribution in [3.63, 3.8) is 0 Å². The Morgan fingerprint density at radius 2 is 1.74 bits per heavy atom. The van der Waals surface area contributed by atoms with Gasteiger partial charge in [-0.05, 0) is 63.1 Å². The molecule has 2 N–H and O–H groups in total. The molecule has 2 aromatic rings. The minimum absolute atomic E-state index is 0.00830. The average molecular weight is 443 g/mol. The number of anilines is 1. The van der Waals surface area contributed by atoms with Gasteiger partial charge in [0.15, 0.2) is 5.75 Å². The summed E-state index contributed by atoms with van der Waals surface area (Å²) in [5.74, 6) is 1.03. The number of piperidine rings is 1. The van der Waals surface area contributed by atoms with E-state index >= 15 is 0 Å². The molecule has 166 valence electrons. The highest BCUT2D eigenvalue weighted by Crippen LogP contribution is 2.45. The van der Waals surface area contributed by atoms with Crippen molar-refractivity contribution in [2.45, 2.75) is 51.5 Å². The summed E-state index contributed by atoms with van der Waals surface area (Å²) >= 11 is 1.45. The fourth-order valence-corrected chi connectivity index (χ4v) is 5.83. The lowest BCUT2D eigenvalue weighted by Crippen LogP contribution is -2.48. The molecule has 6 nitrogen and oxygen atoms in total. The van der Waals surface area contributed by atoms with Crippen LogP contribution in [0.25, 0.3) is 10.4 Å². The fraction of sp³-hybridized carbons (Fsp3) is 0.500. The Labute approximate surface area is 187 Å². The van der Waals surface area contributed by atoms with Gasteiger partial charge >= 0.3 is 6.16 Å². The van der Waals surface area contributed by atoms with Crippen molar-refractivity contribution >= 4 is 28.4 Å². The van der Waals surface area contributed by atoms with Gasteiger partial charge in [-0.25, -0.2) is 4.79 Å². The van der Waals surface area contributed by atoms with Crippen LogP contribution < -0.4 is 15.0 Å². The second-order valence-corrected chi connectivity index (χ2v) is 9.69. The molecule has 1 amide bonds. The summed E-state index contributed by atoms with van der Waals surface area (Å²) in [5, 5.41) is 13.3. The molecule has 1 aliphatic heterocycles. The summed E-state index contributed by atoms with van der Waals surface area (Å²) in [6, 6.07) is 11.6. The molecular formula is C24H30N2O4S. The number of hydrogen-bond donors (Lipinski definition) is 2. The summed E-state index contributed by atoms with van der Waals surface area (Å²) in [5.41, 5.74) is 0.984. The zero-order chi connectivity index (χ0) is 21.8. The number of rotatable bonds is 5. The number of amides is 1. The summed E-state index contributed by atoms with van der Waals surface area (Å²) < 4.78 is 5.19. The van der Waals surface area contributed by atoms with Crippen molar-refractivity contribution in [1.29, 1.82) is 0 Å². The van der Waals surface area contributed by atoms with Crippen molar-refractivity contribution in [3.8, 4) is 16.2 Å². The van der Waals surface area contributed by atoms with Gasteiger partial charge in [-0.15, -0.1) is 11.3 Å². The third-order valence-electron chi connectivity index (χ3n) is 6.43. The van der Waals surface area contributed by atoms with Crippen LogP contribution in [0, 0.1) is 11.8 Å². The van der Waals surface area contributed by atoms with Gasteiger partial charge in [0.05, 0.1) is 0 Å². The first-order valence-corrected chi connectivity index (χ1v) is 12.0. The Bertz CT molecular complexity index is 900. The minimum Gasteiger partial charge on any atom is -0.449 e. The molecule has 1 aromatic heterocycles. The lowest BCUT2D eigenvalue weighted by atomic mass is 9.82. The molecule has 1 saturated carbocycles. The summed E-state index contributed by atoms with van der Waals surface area (Å²) in [4.78, 5) is 28.0. The van der Waals surface area contributed by atoms with E-state index in [1.165, 1.54) is 11.3 Å². The van der Waals surface area contributed by atoms with E-state index in [2.05, 4.69) is 12.2 Å². The van der Waals surface area contributed by atoms with E-state index in [-0.39, 0.29) is 23.6 Å². The highest BCUT2D eigenvalue weighted by Gasteiger charge is 2.36. The number of hydrogen-bond acceptors (Lipinski definition) is 5. The minimum atomic E-state index is -1.36. The first-order chi connectivity index (χ1) is 15.0. The van der Waals surface area contributed by atoms with Crippen molar-refractivity contribution in [3.05, 3.63) is 36.4 Å². The Morgan fingerprint density at radius 1 is 1.06 bits per heavy atom. The molecule has 2 fully saturated rings. The van der Waals surface area contributed by atoms with Crippen LogP contribution >= 0.6 is 11.3 Å². The predicted octanol–water partition coefficient (Wildman–Crippen LogP) is 5.38. The summed E-state index contributed by atoms with van der Waals surface area (Å²) in [7, 11) is 0. The van der Waals surface area contributed by atoms with E-state index in [1.54, 1.807) is 6.07 Å². The molecule has 0 unspecified atom stereocenters. The zero-order valence-electron chi connectivity index (χ0n) is 17.9. The number of carbonyl (C=O) groups is 2. The second-order valence-electron chi connectivity index (χ2n) is 8.66. The number of carbonyl (C=O) groups excluding carboxylic acids is 1. The standard InChI is InChI=1S/C24H30N2O4S/c1-16-7-9-18(10-8-16)22(27)26(19-11-13-25-14-12-19)23-20(30-24(28)29)15-21(31-23)17-5-3-2-4-6-17/h2-6,15-16,18-19,25H,7-14H2,1H3,(H,28,29)/t16-,18-. The predicted molar refractivity (Wildman–Crippen MR) is 123 cm³/mol. The smallest absolute Gasteiger partial charge is 0.449 e. The Hall–Kier alpha value is -2.38. The third kappa shape index (κ3) is 5.10. The third-order valence-corrected chi connectivity index (χ3v) is 7.60. The zero-order valence-corrected chi connectivity index (χ0v) is 18.7. The Morgan fingerprint density at radius 3 is 2.39 bits per heavy atom. The van der Waals surface area contributed by atoms with Gasteiger partial charge < -0.3 is 15.2 Å². The van der Waals surface area contributed by atoms with Crippen LogP contribution in [0.2, 0.25) is 0 Å². The van der Waals surface area contributed by atoms with Crippen LogP contribution in [0.4, 0.5) is 9.80 Å². The molecule has 2 aliphatic rings. The number of nitrogens with one attached hydrogen (secondary N) is 1. The quantitative estimate of drug-likeness (QED) is 0.608. The SMILES string of the molecule is C[C@H]1CC[C@H](C(=O)N(c2sc(-c3ccccc3)cc2OC(=O)O)C2CCNCC2)CC1. The van der Waals surface area contributed by atoms with Gasteiger partial charge in [0.2, 0.25) is 5.91 Å². The number of carboxylic acid groups (broad SMARTS) is 1. The summed E-state index contributed by atoms with van der Waals surface area (Å²) in [6.45, 7) is 3.94. The van der Waals surface area contributed by atoms with Crippen LogP contribution in [-0.4, -0.2) is 36.3 Å². The Balaban J connectivity index is 1.73. The number of ether oxygens (including phenoxy) is 1. The van der Waals surface area contributed by atoms with E-state index in [9.17, 15) is 14.7 Å². The lowest BCUT2D eigenvalue weighted by Gasteiger charge is -2.37. The lowest BCUT2D eigenvalue weighted by molar-refractivity contribution is -0.124. The molecule has 1 aromatic carbocycles. The molecule has 4 rings (SSSR count). The average Bonchev–Trinajstić information content (AvgIpc) is 3.18. The van der Waals surface area contributed by atoms with E-state index in [4.69, 9.17) is 4.74 Å². The van der Waals surface area contributed by atoms with Gasteiger partial charge in [-0.3, -0.25) is 9.69 Å². The van der Waals surface area contributed by atoms with E-state index in [0.29, 0.717) is 10.9 Å². The van der Waals surface area contributed by atoms with Crippen molar-refractivity contribution in [2.75, 3.05) is 18.0 Å². The first-order valence-electron chi connectivity index (χ1n) is 11.2. The normalized spacial score (nSPS) is 22.1. The molecule has 0 atom stereocenters. The van der Waals surface area contributed by atoms with Crippen molar-refractivity contribution in [1.82, 2.24) is 5.32 Å². The molecule has 31 heavy (non-hydrogen) atoms. The molecule has 1 aliphatic carbocycles. The monoisotopic (exact) mass is 442 g/mol. The van der Waals surface area contributed by atoms with Crippen LogP contribution in [0.3, 0.4) is 0 Å². The van der Waals surface area contributed by atoms with Gasteiger partial charge in [-0.1, -0.05) is 37.3 Å². The van der Waals surface area contributed by atoms with Gasteiger partial charge in [-0.2, -0.15) is 0 Å². The molecule has 0 bridgehead atoms. The number of benzene rings is 1. The molecule has 0 spiro atoms. The molecule has 7 heteroatoms.